The minimum Gasteiger partial charge on any atom is -0.479 e. The lowest BCUT2D eigenvalue weighted by atomic mass is 9.90. The topological polar surface area (TPSA) is 102 Å². The highest BCUT2D eigenvalue weighted by atomic mass is 16.5. The second-order valence-corrected chi connectivity index (χ2v) is 5.21. The normalized spacial score (nSPS) is 24.9. The number of hydrogen-bond acceptors (Lipinski definition) is 4. The summed E-state index contributed by atoms with van der Waals surface area (Å²) in [5.41, 5.74) is 4.01. The van der Waals surface area contributed by atoms with E-state index < -0.39 is 23.0 Å². The predicted octanol–water partition coefficient (Wildman–Crippen LogP) is 0.220. The maximum Gasteiger partial charge on any atom is 0.331 e. The quantitative estimate of drug-likeness (QED) is 0.731. The molecule has 0 aliphatic carbocycles. The van der Waals surface area contributed by atoms with Crippen LogP contribution in [0, 0.1) is 0 Å². The number of nitrogens with one attached hydrogen (secondary N) is 1. The van der Waals surface area contributed by atoms with Crippen LogP contribution in [0.5, 0.6) is 0 Å². The first-order chi connectivity index (χ1) is 9.38. The lowest BCUT2D eigenvalue weighted by Gasteiger charge is -2.30. The first-order valence-electron chi connectivity index (χ1n) is 6.37. The van der Waals surface area contributed by atoms with Crippen molar-refractivity contribution in [1.82, 2.24) is 5.32 Å². The molecule has 0 radical (unpaired) electrons. The molecule has 1 aromatic rings. The van der Waals surface area contributed by atoms with Crippen LogP contribution < -0.4 is 11.1 Å². The van der Waals surface area contributed by atoms with Gasteiger partial charge in [0.2, 0.25) is 5.91 Å². The van der Waals surface area contributed by atoms with E-state index in [1.54, 1.807) is 31.2 Å². The van der Waals surface area contributed by atoms with Crippen molar-refractivity contribution in [3.05, 3.63) is 35.9 Å². The van der Waals surface area contributed by atoms with Gasteiger partial charge in [0.15, 0.2) is 5.54 Å². The molecule has 2 unspecified atom stereocenters. The van der Waals surface area contributed by atoms with Crippen molar-refractivity contribution in [2.75, 3.05) is 13.2 Å². The van der Waals surface area contributed by atoms with Crippen LogP contribution in [0.2, 0.25) is 0 Å². The first kappa shape index (κ1) is 14.5. The Morgan fingerprint density at radius 2 is 2.05 bits per heavy atom. The van der Waals surface area contributed by atoms with E-state index >= 15 is 0 Å². The predicted molar refractivity (Wildman–Crippen MR) is 71.9 cm³/mol. The van der Waals surface area contributed by atoms with Gasteiger partial charge in [0, 0.05) is 13.0 Å². The van der Waals surface area contributed by atoms with E-state index in [0.717, 1.165) is 0 Å². The minimum absolute atomic E-state index is 0.0427. The number of carbonyl (C=O) groups excluding carboxylic acids is 1. The Hall–Kier alpha value is -1.92. The highest BCUT2D eigenvalue weighted by Gasteiger charge is 2.46. The summed E-state index contributed by atoms with van der Waals surface area (Å²) in [5.74, 6) is -1.64. The molecule has 6 heteroatoms. The van der Waals surface area contributed by atoms with Crippen LogP contribution >= 0.6 is 0 Å². The summed E-state index contributed by atoms with van der Waals surface area (Å²) in [4.78, 5) is 23.8. The molecule has 0 aromatic heterocycles. The van der Waals surface area contributed by atoms with Crippen molar-refractivity contribution in [3.63, 3.8) is 0 Å². The molecule has 0 spiro atoms. The molecule has 1 saturated heterocycles. The fourth-order valence-corrected chi connectivity index (χ4v) is 2.15. The number of aliphatic carboxylic acids is 1. The maximum atomic E-state index is 12.4. The molecule has 4 N–H and O–H groups in total. The lowest BCUT2D eigenvalue weighted by Crippen LogP contribution is -2.61. The SMILES string of the molecule is CC(N)(C(=O)NC1(C(=O)O)CCOC1)c1ccccc1. The van der Waals surface area contributed by atoms with Gasteiger partial charge in [-0.05, 0) is 12.5 Å². The zero-order chi connectivity index (χ0) is 14.8. The summed E-state index contributed by atoms with van der Waals surface area (Å²) >= 11 is 0. The summed E-state index contributed by atoms with van der Waals surface area (Å²) in [5, 5.41) is 11.9. The number of carboxylic acids is 1. The average Bonchev–Trinajstić information content (AvgIpc) is 2.89. The Labute approximate surface area is 116 Å². The van der Waals surface area contributed by atoms with Gasteiger partial charge in [-0.1, -0.05) is 30.3 Å². The van der Waals surface area contributed by atoms with Crippen molar-refractivity contribution in [2.45, 2.75) is 24.4 Å². The van der Waals surface area contributed by atoms with Crippen LogP contribution in [0.25, 0.3) is 0 Å². The number of nitrogens with two attached hydrogens (primary N) is 1. The van der Waals surface area contributed by atoms with Gasteiger partial charge in [-0.25, -0.2) is 4.79 Å². The molecule has 1 aliphatic heterocycles. The molecule has 1 heterocycles. The van der Waals surface area contributed by atoms with Crippen LogP contribution in [0.15, 0.2) is 30.3 Å². The van der Waals surface area contributed by atoms with Gasteiger partial charge in [0.05, 0.1) is 6.61 Å². The molecule has 2 rings (SSSR count). The number of hydrogen-bond donors (Lipinski definition) is 3. The second kappa shape index (κ2) is 5.22. The summed E-state index contributed by atoms with van der Waals surface area (Å²) in [6.07, 6.45) is 0.235. The zero-order valence-electron chi connectivity index (χ0n) is 11.3. The van der Waals surface area contributed by atoms with Gasteiger partial charge in [-0.15, -0.1) is 0 Å². The molecule has 108 valence electrons. The van der Waals surface area contributed by atoms with Gasteiger partial charge in [-0.3, -0.25) is 4.79 Å². The van der Waals surface area contributed by atoms with E-state index in [2.05, 4.69) is 5.32 Å². The maximum absolute atomic E-state index is 12.4. The number of rotatable bonds is 4. The smallest absolute Gasteiger partial charge is 0.331 e. The number of carbonyl (C=O) groups is 2. The highest BCUT2D eigenvalue weighted by molar-refractivity contribution is 5.92. The fraction of sp³-hybridized carbons (Fsp3) is 0.429. The molecular weight excluding hydrogens is 260 g/mol. The van der Waals surface area contributed by atoms with Crippen LogP contribution in [-0.2, 0) is 19.9 Å². The molecule has 2 atom stereocenters. The van der Waals surface area contributed by atoms with Crippen molar-refractivity contribution in [1.29, 1.82) is 0 Å². The number of ether oxygens (including phenoxy) is 1. The summed E-state index contributed by atoms with van der Waals surface area (Å²) < 4.78 is 5.10. The van der Waals surface area contributed by atoms with Gasteiger partial charge in [-0.2, -0.15) is 0 Å². The van der Waals surface area contributed by atoms with Crippen molar-refractivity contribution >= 4 is 11.9 Å². The molecule has 1 fully saturated rings. The molecule has 20 heavy (non-hydrogen) atoms. The van der Waals surface area contributed by atoms with Gasteiger partial charge in [0.1, 0.15) is 5.54 Å². The van der Waals surface area contributed by atoms with Crippen LogP contribution in [0.3, 0.4) is 0 Å². The van der Waals surface area contributed by atoms with E-state index in [0.29, 0.717) is 12.2 Å². The van der Waals surface area contributed by atoms with Crippen molar-refractivity contribution < 1.29 is 19.4 Å². The van der Waals surface area contributed by atoms with E-state index in [1.165, 1.54) is 0 Å². The second-order valence-electron chi connectivity index (χ2n) is 5.21. The zero-order valence-corrected chi connectivity index (χ0v) is 11.3. The number of benzene rings is 1. The average molecular weight is 278 g/mol. The van der Waals surface area contributed by atoms with E-state index in [4.69, 9.17) is 10.5 Å². The molecule has 1 amide bonds. The van der Waals surface area contributed by atoms with Gasteiger partial charge in [0.25, 0.3) is 0 Å². The number of carboxylic acid groups (broad SMARTS) is 1. The molecule has 0 saturated carbocycles. The molecule has 1 aliphatic rings. The largest absolute Gasteiger partial charge is 0.479 e. The fourth-order valence-electron chi connectivity index (χ4n) is 2.15. The Morgan fingerprint density at radius 3 is 2.55 bits per heavy atom. The Kier molecular flexibility index (Phi) is 3.78. The van der Waals surface area contributed by atoms with E-state index in [-0.39, 0.29) is 13.0 Å². The molecular formula is C14H18N2O4. The van der Waals surface area contributed by atoms with E-state index in [9.17, 15) is 14.7 Å². The summed E-state index contributed by atoms with van der Waals surface area (Å²) in [6, 6.07) is 8.84. The third kappa shape index (κ3) is 2.52. The van der Waals surface area contributed by atoms with Gasteiger partial charge < -0.3 is 20.9 Å². The van der Waals surface area contributed by atoms with Crippen LogP contribution in [0.4, 0.5) is 0 Å². The highest BCUT2D eigenvalue weighted by Crippen LogP contribution is 2.23. The van der Waals surface area contributed by atoms with Crippen molar-refractivity contribution in [3.8, 4) is 0 Å². The molecule has 0 bridgehead atoms. The molecule has 6 nitrogen and oxygen atoms in total. The monoisotopic (exact) mass is 278 g/mol. The summed E-state index contributed by atoms with van der Waals surface area (Å²) in [6.45, 7) is 1.82. The third-order valence-electron chi connectivity index (χ3n) is 3.63. The Balaban J connectivity index is 2.21. The Bertz CT molecular complexity index is 507. The number of amides is 1. The lowest BCUT2D eigenvalue weighted by molar-refractivity contribution is -0.148. The molecule has 1 aromatic carbocycles. The van der Waals surface area contributed by atoms with Crippen LogP contribution in [0.1, 0.15) is 18.9 Å². The van der Waals surface area contributed by atoms with Crippen molar-refractivity contribution in [2.24, 2.45) is 5.73 Å². The first-order valence-corrected chi connectivity index (χ1v) is 6.37. The standard InChI is InChI=1S/C14H18N2O4/c1-13(15,10-5-3-2-4-6-10)11(17)16-14(12(18)19)7-8-20-9-14/h2-6H,7-9,15H2,1H3,(H,16,17)(H,18,19). The van der Waals surface area contributed by atoms with Crippen LogP contribution in [-0.4, -0.2) is 35.7 Å². The summed E-state index contributed by atoms with van der Waals surface area (Å²) in [7, 11) is 0. The Morgan fingerprint density at radius 1 is 1.40 bits per heavy atom. The van der Waals surface area contributed by atoms with Gasteiger partial charge >= 0.3 is 5.97 Å². The minimum atomic E-state index is -1.38. The third-order valence-corrected chi connectivity index (χ3v) is 3.63. The van der Waals surface area contributed by atoms with E-state index in [1.807, 2.05) is 6.07 Å².